The Morgan fingerprint density at radius 3 is 2.67 bits per heavy atom. The van der Waals surface area contributed by atoms with Crippen LogP contribution in [-0.4, -0.2) is 12.5 Å². The maximum atomic E-state index is 11.7. The van der Waals surface area contributed by atoms with E-state index in [9.17, 15) is 4.79 Å². The average molecular weight is 348 g/mol. The molecule has 110 valence electrons. The molecule has 0 aliphatic rings. The van der Waals surface area contributed by atoms with Crippen LogP contribution in [0.4, 0.5) is 0 Å². The number of benzene rings is 2. The highest BCUT2D eigenvalue weighted by atomic mass is 79.9. The van der Waals surface area contributed by atoms with E-state index in [0.717, 1.165) is 15.8 Å². The van der Waals surface area contributed by atoms with E-state index < -0.39 is 0 Å². The van der Waals surface area contributed by atoms with Crippen molar-refractivity contribution < 1.29 is 9.53 Å². The third-order valence-corrected chi connectivity index (χ3v) is 3.50. The fourth-order valence-electron chi connectivity index (χ4n) is 1.81. The van der Waals surface area contributed by atoms with E-state index in [1.165, 1.54) is 5.56 Å². The van der Waals surface area contributed by atoms with Crippen LogP contribution < -0.4 is 10.1 Å². The van der Waals surface area contributed by atoms with E-state index >= 15 is 0 Å². The number of carbonyl (C=O) groups excluding carboxylic acids is 1. The van der Waals surface area contributed by atoms with Crippen LogP contribution in [0.15, 0.2) is 53.0 Å². The maximum absolute atomic E-state index is 11.7. The number of nitrogens with one attached hydrogen (secondary N) is 1. The van der Waals surface area contributed by atoms with Gasteiger partial charge in [0.15, 0.2) is 0 Å². The minimum absolute atomic E-state index is 0.00873. The molecule has 0 spiro atoms. The van der Waals surface area contributed by atoms with Gasteiger partial charge in [-0.25, -0.2) is 0 Å². The molecule has 3 nitrogen and oxygen atoms in total. The summed E-state index contributed by atoms with van der Waals surface area (Å²) in [5.74, 6) is 0.751. The number of ether oxygens (including phenoxy) is 1. The molecule has 0 atom stereocenters. The molecule has 2 aromatic carbocycles. The molecule has 4 heteroatoms. The molecule has 2 rings (SSSR count). The zero-order valence-electron chi connectivity index (χ0n) is 11.9. The molecule has 1 N–H and O–H groups in total. The van der Waals surface area contributed by atoms with Crippen molar-refractivity contribution in [3.05, 3.63) is 64.1 Å². The summed E-state index contributed by atoms with van der Waals surface area (Å²) in [6.07, 6.45) is 0.346. The first-order valence-corrected chi connectivity index (χ1v) is 7.63. The summed E-state index contributed by atoms with van der Waals surface area (Å²) in [4.78, 5) is 11.7. The van der Waals surface area contributed by atoms with Gasteiger partial charge in [0.1, 0.15) is 5.75 Å². The lowest BCUT2D eigenvalue weighted by molar-refractivity contribution is -0.121. The van der Waals surface area contributed by atoms with E-state index in [1.807, 2.05) is 55.5 Å². The van der Waals surface area contributed by atoms with Crippen LogP contribution in [0, 0.1) is 6.92 Å². The number of hydrogen-bond acceptors (Lipinski definition) is 2. The monoisotopic (exact) mass is 347 g/mol. The molecule has 21 heavy (non-hydrogen) atoms. The van der Waals surface area contributed by atoms with Gasteiger partial charge in [0.25, 0.3) is 0 Å². The number of halogens is 1. The predicted octanol–water partition coefficient (Wildman–Crippen LogP) is 3.84. The number of aryl methyl sites for hydroxylation is 1. The Morgan fingerprint density at radius 1 is 1.19 bits per heavy atom. The van der Waals surface area contributed by atoms with Crippen LogP contribution in [0.1, 0.15) is 17.5 Å². The van der Waals surface area contributed by atoms with Gasteiger partial charge in [-0.2, -0.15) is 0 Å². The lowest BCUT2D eigenvalue weighted by Crippen LogP contribution is -2.24. The summed E-state index contributed by atoms with van der Waals surface area (Å²) in [5, 5.41) is 2.89. The van der Waals surface area contributed by atoms with Crippen molar-refractivity contribution in [3.8, 4) is 5.75 Å². The lowest BCUT2D eigenvalue weighted by Gasteiger charge is -2.08. The number of amides is 1. The molecular formula is C17H18BrNO2. The first-order chi connectivity index (χ1) is 10.1. The van der Waals surface area contributed by atoms with Gasteiger partial charge in [-0.3, -0.25) is 4.79 Å². The summed E-state index contributed by atoms with van der Waals surface area (Å²) in [6.45, 7) is 2.97. The molecule has 0 aliphatic heterocycles. The van der Waals surface area contributed by atoms with Crippen molar-refractivity contribution in [1.29, 1.82) is 0 Å². The Labute approximate surface area is 133 Å². The summed E-state index contributed by atoms with van der Waals surface area (Å²) in [7, 11) is 0. The van der Waals surface area contributed by atoms with Gasteiger partial charge in [-0.05, 0) is 30.7 Å². The molecular weight excluding hydrogens is 330 g/mol. The smallest absolute Gasteiger partial charge is 0.223 e. The quantitative estimate of drug-likeness (QED) is 0.861. The third-order valence-electron chi connectivity index (χ3n) is 3.00. The topological polar surface area (TPSA) is 38.3 Å². The summed E-state index contributed by atoms with van der Waals surface area (Å²) in [5.41, 5.74) is 2.31. The minimum atomic E-state index is -0.00873. The first-order valence-electron chi connectivity index (χ1n) is 6.84. The van der Waals surface area contributed by atoms with Crippen LogP contribution in [0.25, 0.3) is 0 Å². The van der Waals surface area contributed by atoms with Gasteiger partial charge in [0.2, 0.25) is 5.91 Å². The second-order valence-electron chi connectivity index (χ2n) is 4.82. The van der Waals surface area contributed by atoms with E-state index in [2.05, 4.69) is 21.2 Å². The fraction of sp³-hybridized carbons (Fsp3) is 0.235. The van der Waals surface area contributed by atoms with Gasteiger partial charge < -0.3 is 10.1 Å². The summed E-state index contributed by atoms with van der Waals surface area (Å²) >= 11 is 3.38. The van der Waals surface area contributed by atoms with Crippen LogP contribution in [0.2, 0.25) is 0 Å². The van der Waals surface area contributed by atoms with Crippen molar-refractivity contribution in [3.63, 3.8) is 0 Å². The Kier molecular flexibility index (Phi) is 5.81. The minimum Gasteiger partial charge on any atom is -0.493 e. The summed E-state index contributed by atoms with van der Waals surface area (Å²) in [6, 6.07) is 15.7. The first kappa shape index (κ1) is 15.6. The number of carbonyl (C=O) groups is 1. The second-order valence-corrected chi connectivity index (χ2v) is 5.73. The SMILES string of the molecule is Cc1ccc(CNC(=O)CCOc2cccc(Br)c2)cc1. The lowest BCUT2D eigenvalue weighted by atomic mass is 10.1. The molecule has 0 fully saturated rings. The van der Waals surface area contributed by atoms with Gasteiger partial charge in [0.05, 0.1) is 13.0 Å². The van der Waals surface area contributed by atoms with E-state index in [1.54, 1.807) is 0 Å². The molecule has 0 bridgehead atoms. The number of hydrogen-bond donors (Lipinski definition) is 1. The van der Waals surface area contributed by atoms with Gasteiger partial charge in [0, 0.05) is 11.0 Å². The van der Waals surface area contributed by atoms with Crippen molar-refractivity contribution >= 4 is 21.8 Å². The highest BCUT2D eigenvalue weighted by Gasteiger charge is 2.02. The Hall–Kier alpha value is -1.81. The van der Waals surface area contributed by atoms with Gasteiger partial charge in [-0.15, -0.1) is 0 Å². The van der Waals surface area contributed by atoms with Crippen molar-refractivity contribution in [2.45, 2.75) is 19.9 Å². The normalized spacial score (nSPS) is 10.2. The van der Waals surface area contributed by atoms with E-state index in [4.69, 9.17) is 4.74 Å². The van der Waals surface area contributed by atoms with E-state index in [-0.39, 0.29) is 5.91 Å². The van der Waals surface area contributed by atoms with Crippen LogP contribution in [0.5, 0.6) is 5.75 Å². The average Bonchev–Trinajstić information content (AvgIpc) is 2.47. The maximum Gasteiger partial charge on any atom is 0.223 e. The highest BCUT2D eigenvalue weighted by Crippen LogP contribution is 2.17. The second kappa shape index (κ2) is 7.84. The Morgan fingerprint density at radius 2 is 1.95 bits per heavy atom. The summed E-state index contributed by atoms with van der Waals surface area (Å²) < 4.78 is 6.50. The van der Waals surface area contributed by atoms with Crippen LogP contribution in [0.3, 0.4) is 0 Å². The Balaban J connectivity index is 1.69. The Bertz CT molecular complexity index is 596. The van der Waals surface area contributed by atoms with Crippen LogP contribution in [-0.2, 0) is 11.3 Å². The molecule has 0 aliphatic carbocycles. The fourth-order valence-corrected chi connectivity index (χ4v) is 2.19. The molecule has 0 saturated carbocycles. The largest absolute Gasteiger partial charge is 0.493 e. The zero-order valence-corrected chi connectivity index (χ0v) is 13.5. The van der Waals surface area contributed by atoms with Crippen molar-refractivity contribution in [2.75, 3.05) is 6.61 Å². The molecule has 0 radical (unpaired) electrons. The molecule has 0 unspecified atom stereocenters. The standard InChI is InChI=1S/C17H18BrNO2/c1-13-5-7-14(8-6-13)12-19-17(20)9-10-21-16-4-2-3-15(18)11-16/h2-8,11H,9-10,12H2,1H3,(H,19,20). The highest BCUT2D eigenvalue weighted by molar-refractivity contribution is 9.10. The number of rotatable bonds is 6. The van der Waals surface area contributed by atoms with Gasteiger partial charge in [-0.1, -0.05) is 51.8 Å². The molecule has 0 saturated heterocycles. The van der Waals surface area contributed by atoms with E-state index in [0.29, 0.717) is 19.6 Å². The molecule has 2 aromatic rings. The van der Waals surface area contributed by atoms with Crippen molar-refractivity contribution in [1.82, 2.24) is 5.32 Å². The van der Waals surface area contributed by atoms with Crippen LogP contribution >= 0.6 is 15.9 Å². The predicted molar refractivity (Wildman–Crippen MR) is 87.3 cm³/mol. The molecule has 0 aromatic heterocycles. The molecule has 0 heterocycles. The third kappa shape index (κ3) is 5.60. The van der Waals surface area contributed by atoms with Gasteiger partial charge >= 0.3 is 0 Å². The van der Waals surface area contributed by atoms with Crippen molar-refractivity contribution in [2.24, 2.45) is 0 Å². The molecule has 1 amide bonds. The zero-order chi connectivity index (χ0) is 15.1.